The van der Waals surface area contributed by atoms with Gasteiger partial charge < -0.3 is 9.47 Å². The average molecular weight is 457 g/mol. The number of amides is 2. The van der Waals surface area contributed by atoms with Crippen LogP contribution in [0.25, 0.3) is 11.1 Å². The van der Waals surface area contributed by atoms with Gasteiger partial charge in [-0.2, -0.15) is 0 Å². The molecule has 3 aromatic rings. The maximum Gasteiger partial charge on any atom is 0.261 e. The molecule has 2 aliphatic rings. The largest absolute Gasteiger partial charge is 0.491 e. The molecule has 0 saturated heterocycles. The van der Waals surface area contributed by atoms with Crippen LogP contribution < -0.4 is 9.47 Å². The van der Waals surface area contributed by atoms with Crippen LogP contribution in [0, 0.1) is 5.92 Å². The zero-order chi connectivity index (χ0) is 23.8. The first kappa shape index (κ1) is 22.1. The van der Waals surface area contributed by atoms with Gasteiger partial charge in [0.15, 0.2) is 0 Å². The molecule has 1 aromatic heterocycles. The summed E-state index contributed by atoms with van der Waals surface area (Å²) in [6, 6.07) is 14.4. The lowest BCUT2D eigenvalue weighted by molar-refractivity contribution is 0.0507. The molecule has 1 unspecified atom stereocenters. The van der Waals surface area contributed by atoms with E-state index in [-0.39, 0.29) is 30.6 Å². The molecule has 0 N–H and O–H groups in total. The van der Waals surface area contributed by atoms with E-state index in [0.717, 1.165) is 28.9 Å². The molecule has 0 spiro atoms. The first-order chi connectivity index (χ1) is 16.5. The zero-order valence-corrected chi connectivity index (χ0v) is 19.7. The van der Waals surface area contributed by atoms with E-state index in [9.17, 15) is 9.59 Å². The molecular weight excluding hydrogens is 428 g/mol. The fourth-order valence-corrected chi connectivity index (χ4v) is 4.87. The number of benzene rings is 2. The van der Waals surface area contributed by atoms with Crippen LogP contribution in [0.15, 0.2) is 60.9 Å². The first-order valence-electron chi connectivity index (χ1n) is 11.8. The van der Waals surface area contributed by atoms with E-state index in [1.807, 2.05) is 30.5 Å². The maximum atomic E-state index is 13.0. The highest BCUT2D eigenvalue weighted by Gasteiger charge is 2.40. The second kappa shape index (κ2) is 8.93. The SMILES string of the molecule is CCC1Oc2cc(OC[C@H](CC(C)C)N3C(=O)c4ccccc4C3=O)ccc2-c2ccncc21. The second-order valence-corrected chi connectivity index (χ2v) is 9.26. The highest BCUT2D eigenvalue weighted by Crippen LogP contribution is 2.44. The van der Waals surface area contributed by atoms with Gasteiger partial charge in [-0.05, 0) is 54.7 Å². The van der Waals surface area contributed by atoms with Crippen molar-refractivity contribution in [1.82, 2.24) is 9.88 Å². The molecule has 0 bridgehead atoms. The van der Waals surface area contributed by atoms with Gasteiger partial charge >= 0.3 is 0 Å². The van der Waals surface area contributed by atoms with Crippen LogP contribution in [0.2, 0.25) is 0 Å². The van der Waals surface area contributed by atoms with E-state index in [1.54, 1.807) is 30.5 Å². The molecule has 0 radical (unpaired) electrons. The van der Waals surface area contributed by atoms with Crippen molar-refractivity contribution in [1.29, 1.82) is 0 Å². The summed E-state index contributed by atoms with van der Waals surface area (Å²) in [5, 5.41) is 0. The van der Waals surface area contributed by atoms with Crippen LogP contribution in [-0.4, -0.2) is 34.3 Å². The third-order valence-electron chi connectivity index (χ3n) is 6.46. The molecule has 2 atom stereocenters. The number of hydrogen-bond acceptors (Lipinski definition) is 5. The molecule has 2 aliphatic heterocycles. The van der Waals surface area contributed by atoms with E-state index in [2.05, 4.69) is 25.8 Å². The van der Waals surface area contributed by atoms with Crippen molar-refractivity contribution < 1.29 is 19.1 Å². The van der Waals surface area contributed by atoms with Gasteiger partial charge in [-0.25, -0.2) is 0 Å². The quantitative estimate of drug-likeness (QED) is 0.428. The van der Waals surface area contributed by atoms with Crippen molar-refractivity contribution >= 4 is 11.8 Å². The number of fused-ring (bicyclic) bond motifs is 4. The molecule has 5 rings (SSSR count). The van der Waals surface area contributed by atoms with Crippen LogP contribution in [0.1, 0.15) is 66.0 Å². The Balaban J connectivity index is 1.38. The van der Waals surface area contributed by atoms with Gasteiger partial charge in [0.25, 0.3) is 11.8 Å². The van der Waals surface area contributed by atoms with E-state index in [4.69, 9.17) is 9.47 Å². The van der Waals surface area contributed by atoms with E-state index in [1.165, 1.54) is 4.90 Å². The van der Waals surface area contributed by atoms with Gasteiger partial charge in [0.1, 0.15) is 24.2 Å². The van der Waals surface area contributed by atoms with Crippen molar-refractivity contribution in [2.45, 2.75) is 45.8 Å². The summed E-state index contributed by atoms with van der Waals surface area (Å²) < 4.78 is 12.4. The van der Waals surface area contributed by atoms with Crippen LogP contribution in [0.5, 0.6) is 11.5 Å². The molecule has 2 aromatic carbocycles. The molecule has 174 valence electrons. The van der Waals surface area contributed by atoms with Crippen LogP contribution in [-0.2, 0) is 0 Å². The molecule has 3 heterocycles. The monoisotopic (exact) mass is 456 g/mol. The fraction of sp³-hybridized carbons (Fsp3) is 0.321. The number of pyridine rings is 1. The van der Waals surface area contributed by atoms with Crippen molar-refractivity contribution in [3.63, 3.8) is 0 Å². The minimum absolute atomic E-state index is 0.0570. The van der Waals surface area contributed by atoms with E-state index in [0.29, 0.717) is 29.2 Å². The summed E-state index contributed by atoms with van der Waals surface area (Å²) in [6.45, 7) is 6.47. The third-order valence-corrected chi connectivity index (χ3v) is 6.46. The highest BCUT2D eigenvalue weighted by atomic mass is 16.5. The lowest BCUT2D eigenvalue weighted by Crippen LogP contribution is -2.44. The highest BCUT2D eigenvalue weighted by molar-refractivity contribution is 6.21. The Hall–Kier alpha value is -3.67. The minimum atomic E-state index is -0.362. The molecule has 6 nitrogen and oxygen atoms in total. The molecule has 0 fully saturated rings. The Morgan fingerprint density at radius 1 is 1.00 bits per heavy atom. The molecule has 0 aliphatic carbocycles. The lowest BCUT2D eigenvalue weighted by Gasteiger charge is -2.29. The lowest BCUT2D eigenvalue weighted by atomic mass is 9.93. The number of rotatable bonds is 7. The van der Waals surface area contributed by atoms with Gasteiger partial charge in [0.2, 0.25) is 0 Å². The number of hydrogen-bond donors (Lipinski definition) is 0. The Morgan fingerprint density at radius 3 is 2.41 bits per heavy atom. The van der Waals surface area contributed by atoms with Crippen molar-refractivity contribution in [3.8, 4) is 22.6 Å². The normalized spacial score (nSPS) is 17.2. The van der Waals surface area contributed by atoms with Gasteiger partial charge in [0, 0.05) is 29.6 Å². The Labute approximate surface area is 199 Å². The van der Waals surface area contributed by atoms with E-state index >= 15 is 0 Å². The second-order valence-electron chi connectivity index (χ2n) is 9.26. The summed E-state index contributed by atoms with van der Waals surface area (Å²) in [5.74, 6) is 1.21. The van der Waals surface area contributed by atoms with Crippen LogP contribution in [0.3, 0.4) is 0 Å². The van der Waals surface area contributed by atoms with Gasteiger partial charge in [-0.15, -0.1) is 0 Å². The number of ether oxygens (including phenoxy) is 2. The molecule has 34 heavy (non-hydrogen) atoms. The molecule has 0 saturated carbocycles. The van der Waals surface area contributed by atoms with Crippen molar-refractivity contribution in [3.05, 3.63) is 77.6 Å². The number of carbonyl (C=O) groups is 2. The summed E-state index contributed by atoms with van der Waals surface area (Å²) >= 11 is 0. The topological polar surface area (TPSA) is 68.7 Å². The van der Waals surface area contributed by atoms with Crippen molar-refractivity contribution in [2.75, 3.05) is 6.61 Å². The van der Waals surface area contributed by atoms with Crippen LogP contribution >= 0.6 is 0 Å². The predicted molar refractivity (Wildman–Crippen MR) is 129 cm³/mol. The van der Waals surface area contributed by atoms with Gasteiger partial charge in [-0.3, -0.25) is 19.5 Å². The van der Waals surface area contributed by atoms with E-state index < -0.39 is 0 Å². The summed E-state index contributed by atoms with van der Waals surface area (Å²) in [6.07, 6.45) is 5.10. The first-order valence-corrected chi connectivity index (χ1v) is 11.8. The van der Waals surface area contributed by atoms with Crippen LogP contribution in [0.4, 0.5) is 0 Å². The zero-order valence-electron chi connectivity index (χ0n) is 19.7. The average Bonchev–Trinajstić information content (AvgIpc) is 3.10. The van der Waals surface area contributed by atoms with Crippen molar-refractivity contribution in [2.24, 2.45) is 5.92 Å². The molecule has 2 amide bonds. The summed E-state index contributed by atoms with van der Waals surface area (Å²) in [7, 11) is 0. The number of nitrogens with zero attached hydrogens (tertiary/aromatic N) is 2. The van der Waals surface area contributed by atoms with Gasteiger partial charge in [0.05, 0.1) is 17.2 Å². The Morgan fingerprint density at radius 2 is 1.74 bits per heavy atom. The summed E-state index contributed by atoms with van der Waals surface area (Å²) in [4.78, 5) is 31.7. The predicted octanol–water partition coefficient (Wildman–Crippen LogP) is 5.68. The standard InChI is InChI=1S/C28H28N2O4/c1-4-25-24-15-29-12-11-20(24)21-10-9-19(14-26(21)34-25)33-16-18(13-17(2)3)30-27(31)22-7-5-6-8-23(22)28(30)32/h5-12,14-15,17-18,25H,4,13,16H2,1-3H3/t18-,25?/m0/s1. The third kappa shape index (κ3) is 3.83. The molecule has 6 heteroatoms. The fourth-order valence-electron chi connectivity index (χ4n) is 4.87. The Kier molecular flexibility index (Phi) is 5.82. The van der Waals surface area contributed by atoms with Gasteiger partial charge in [-0.1, -0.05) is 32.9 Å². The minimum Gasteiger partial charge on any atom is -0.491 e. The number of carbonyl (C=O) groups excluding carboxylic acids is 2. The number of imide groups is 1. The Bertz CT molecular complexity index is 1220. The summed E-state index contributed by atoms with van der Waals surface area (Å²) in [5.41, 5.74) is 4.14. The maximum absolute atomic E-state index is 13.0. The molecular formula is C28H28N2O4. The smallest absolute Gasteiger partial charge is 0.261 e. The number of aromatic nitrogens is 1.